The number of oxime groups is 1. The van der Waals surface area contributed by atoms with Crippen molar-refractivity contribution >= 4 is 23.3 Å². The van der Waals surface area contributed by atoms with Gasteiger partial charge in [-0.15, -0.1) is 11.3 Å². The molecule has 23 heavy (non-hydrogen) atoms. The molecule has 0 saturated heterocycles. The highest BCUT2D eigenvalue weighted by molar-refractivity contribution is 7.10. The summed E-state index contributed by atoms with van der Waals surface area (Å²) in [6.07, 6.45) is 3.52. The lowest BCUT2D eigenvalue weighted by atomic mass is 10.1. The molecule has 0 aliphatic heterocycles. The van der Waals surface area contributed by atoms with Crippen LogP contribution in [0.1, 0.15) is 57.4 Å². The Morgan fingerprint density at radius 3 is 2.61 bits per heavy atom. The van der Waals surface area contributed by atoms with Gasteiger partial charge in [0.1, 0.15) is 11.6 Å². The summed E-state index contributed by atoms with van der Waals surface area (Å²) in [5, 5.41) is 14.3. The Morgan fingerprint density at radius 1 is 1.48 bits per heavy atom. The number of ether oxygens (including phenoxy) is 1. The number of hydrogen-bond donors (Lipinski definition) is 2. The maximum absolute atomic E-state index is 12.8. The zero-order valence-corrected chi connectivity index (χ0v) is 14.7. The molecule has 1 aromatic heterocycles. The molecule has 0 radical (unpaired) electrons. The van der Waals surface area contributed by atoms with Crippen LogP contribution in [0.3, 0.4) is 0 Å². The predicted octanol–water partition coefficient (Wildman–Crippen LogP) is 3.72. The van der Waals surface area contributed by atoms with Gasteiger partial charge in [-0.1, -0.05) is 24.1 Å². The van der Waals surface area contributed by atoms with E-state index in [1.807, 2.05) is 38.3 Å². The van der Waals surface area contributed by atoms with Crippen molar-refractivity contribution in [2.24, 2.45) is 10.9 Å². The van der Waals surface area contributed by atoms with Crippen molar-refractivity contribution < 1.29 is 14.7 Å². The number of amides is 1. The predicted molar refractivity (Wildman–Crippen MR) is 90.8 cm³/mol. The molecule has 0 aromatic carbocycles. The fourth-order valence-corrected chi connectivity index (χ4v) is 3.72. The highest BCUT2D eigenvalue weighted by atomic mass is 32.1. The van der Waals surface area contributed by atoms with Crippen LogP contribution in [0.4, 0.5) is 4.79 Å². The molecule has 1 heterocycles. The summed E-state index contributed by atoms with van der Waals surface area (Å²) < 4.78 is 5.59. The summed E-state index contributed by atoms with van der Waals surface area (Å²) in [4.78, 5) is 15.3. The van der Waals surface area contributed by atoms with Crippen LogP contribution in [-0.2, 0) is 4.74 Å². The van der Waals surface area contributed by atoms with E-state index in [1.165, 1.54) is 11.3 Å². The Kier molecular flexibility index (Phi) is 5.51. The third-order valence-electron chi connectivity index (χ3n) is 3.81. The smallest absolute Gasteiger partial charge is 0.411 e. The number of amidine groups is 1. The van der Waals surface area contributed by atoms with E-state index in [2.05, 4.69) is 5.16 Å². The summed E-state index contributed by atoms with van der Waals surface area (Å²) in [5.41, 5.74) is 5.34. The Balaban J connectivity index is 2.38. The van der Waals surface area contributed by atoms with Crippen LogP contribution >= 0.6 is 11.3 Å². The van der Waals surface area contributed by atoms with E-state index in [4.69, 9.17) is 10.5 Å². The zero-order valence-electron chi connectivity index (χ0n) is 13.9. The number of hydrogen-bond acceptors (Lipinski definition) is 5. The highest BCUT2D eigenvalue weighted by Crippen LogP contribution is 2.34. The summed E-state index contributed by atoms with van der Waals surface area (Å²) in [5.74, 6) is 0.00482. The van der Waals surface area contributed by atoms with Crippen molar-refractivity contribution in [2.45, 2.75) is 64.1 Å². The van der Waals surface area contributed by atoms with Crippen LogP contribution in [0, 0.1) is 0 Å². The minimum atomic E-state index is -0.599. The molecule has 3 N–H and O–H groups in total. The fraction of sp³-hybridized carbons (Fsp3) is 0.625. The van der Waals surface area contributed by atoms with Crippen LogP contribution < -0.4 is 5.73 Å². The Bertz CT molecular complexity index is 545. The molecule has 1 fully saturated rings. The first-order valence-corrected chi connectivity index (χ1v) is 8.73. The van der Waals surface area contributed by atoms with Crippen LogP contribution in [0.15, 0.2) is 22.7 Å². The van der Waals surface area contributed by atoms with Gasteiger partial charge in [0.15, 0.2) is 5.84 Å². The van der Waals surface area contributed by atoms with E-state index in [0.29, 0.717) is 0 Å². The summed E-state index contributed by atoms with van der Waals surface area (Å²) in [6.45, 7) is 5.50. The molecule has 1 atom stereocenters. The summed E-state index contributed by atoms with van der Waals surface area (Å²) in [7, 11) is 0. The van der Waals surface area contributed by atoms with Gasteiger partial charge in [-0.2, -0.15) is 0 Å². The maximum atomic E-state index is 12.8. The SMILES string of the molecule is CC(C)(C)OC(=O)N(C1CCCC1)[C@H](C(N)=NO)c1cccs1. The molecule has 0 unspecified atom stereocenters. The molecule has 1 aliphatic rings. The fourth-order valence-electron chi connectivity index (χ4n) is 2.89. The van der Waals surface area contributed by atoms with Crippen LogP contribution in [0.5, 0.6) is 0 Å². The van der Waals surface area contributed by atoms with E-state index in [-0.39, 0.29) is 11.9 Å². The van der Waals surface area contributed by atoms with Gasteiger partial charge in [0.2, 0.25) is 0 Å². The van der Waals surface area contributed by atoms with Gasteiger partial charge >= 0.3 is 6.09 Å². The summed E-state index contributed by atoms with van der Waals surface area (Å²) >= 11 is 1.48. The number of nitrogens with two attached hydrogens (primary N) is 1. The van der Waals surface area contributed by atoms with Gasteiger partial charge < -0.3 is 15.7 Å². The van der Waals surface area contributed by atoms with Crippen LogP contribution in [0.2, 0.25) is 0 Å². The molecule has 0 spiro atoms. The van der Waals surface area contributed by atoms with Crippen molar-refractivity contribution in [1.82, 2.24) is 4.90 Å². The quantitative estimate of drug-likeness (QED) is 0.379. The van der Waals surface area contributed by atoms with Gasteiger partial charge in [-0.05, 0) is 45.1 Å². The minimum Gasteiger partial charge on any atom is -0.444 e. The van der Waals surface area contributed by atoms with Gasteiger partial charge in [-0.3, -0.25) is 4.90 Å². The Labute approximate surface area is 140 Å². The molecule has 2 rings (SSSR count). The Morgan fingerprint density at radius 2 is 2.13 bits per heavy atom. The standard InChI is InChI=1S/C16H25N3O3S/c1-16(2,3)22-15(20)19(11-7-4-5-8-11)13(14(17)18-21)12-9-6-10-23-12/h6,9-11,13,21H,4-5,7-8H2,1-3H3,(H2,17,18)/t13-/m0/s1. The van der Waals surface area contributed by atoms with Crippen molar-refractivity contribution in [3.05, 3.63) is 22.4 Å². The monoisotopic (exact) mass is 339 g/mol. The molecule has 1 aliphatic carbocycles. The van der Waals surface area contributed by atoms with Crippen molar-refractivity contribution in [3.63, 3.8) is 0 Å². The third kappa shape index (κ3) is 4.37. The largest absolute Gasteiger partial charge is 0.444 e. The number of rotatable bonds is 4. The maximum Gasteiger partial charge on any atom is 0.411 e. The molecule has 1 aromatic rings. The molecule has 0 bridgehead atoms. The van der Waals surface area contributed by atoms with Crippen molar-refractivity contribution in [3.8, 4) is 0 Å². The lowest BCUT2D eigenvalue weighted by Gasteiger charge is -2.36. The molecular weight excluding hydrogens is 314 g/mol. The van der Waals surface area contributed by atoms with E-state index in [1.54, 1.807) is 4.90 Å². The van der Waals surface area contributed by atoms with E-state index in [9.17, 15) is 10.0 Å². The second kappa shape index (κ2) is 7.21. The van der Waals surface area contributed by atoms with Crippen molar-refractivity contribution in [1.29, 1.82) is 0 Å². The highest BCUT2D eigenvalue weighted by Gasteiger charge is 2.38. The lowest BCUT2D eigenvalue weighted by molar-refractivity contribution is 0.0116. The van der Waals surface area contributed by atoms with Crippen LogP contribution in [0.25, 0.3) is 0 Å². The number of nitrogens with zero attached hydrogens (tertiary/aromatic N) is 2. The normalized spacial score (nSPS) is 18.0. The van der Waals surface area contributed by atoms with Gasteiger partial charge in [0, 0.05) is 10.9 Å². The van der Waals surface area contributed by atoms with Gasteiger partial charge in [-0.25, -0.2) is 4.79 Å². The first kappa shape index (κ1) is 17.6. The topological polar surface area (TPSA) is 88.2 Å². The average molecular weight is 339 g/mol. The number of carbonyl (C=O) groups is 1. The van der Waals surface area contributed by atoms with Gasteiger partial charge in [0.05, 0.1) is 0 Å². The zero-order chi connectivity index (χ0) is 17.0. The average Bonchev–Trinajstić information content (AvgIpc) is 3.14. The van der Waals surface area contributed by atoms with Gasteiger partial charge in [0.25, 0.3) is 0 Å². The van der Waals surface area contributed by atoms with Crippen molar-refractivity contribution in [2.75, 3.05) is 0 Å². The summed E-state index contributed by atoms with van der Waals surface area (Å²) in [6, 6.07) is 3.22. The van der Waals surface area contributed by atoms with E-state index in [0.717, 1.165) is 30.6 Å². The number of thiophene rings is 1. The number of carbonyl (C=O) groups excluding carboxylic acids is 1. The molecule has 1 amide bonds. The van der Waals surface area contributed by atoms with Crippen LogP contribution in [-0.4, -0.2) is 33.7 Å². The molecular formula is C16H25N3O3S. The van der Waals surface area contributed by atoms with E-state index >= 15 is 0 Å². The second-order valence-electron chi connectivity index (χ2n) is 6.77. The first-order chi connectivity index (χ1) is 10.8. The minimum absolute atomic E-state index is 0.00482. The first-order valence-electron chi connectivity index (χ1n) is 7.85. The molecule has 1 saturated carbocycles. The third-order valence-corrected chi connectivity index (χ3v) is 4.73. The molecule has 6 nitrogen and oxygen atoms in total. The Hall–Kier alpha value is -1.76. The lowest BCUT2D eigenvalue weighted by Crippen LogP contribution is -2.48. The molecule has 7 heteroatoms. The second-order valence-corrected chi connectivity index (χ2v) is 7.75. The van der Waals surface area contributed by atoms with E-state index < -0.39 is 17.7 Å². The molecule has 128 valence electrons.